The van der Waals surface area contributed by atoms with Gasteiger partial charge in [0.05, 0.1) is 17.3 Å². The number of nitrogens with zero attached hydrogens (tertiary/aromatic N) is 1. The quantitative estimate of drug-likeness (QED) is 0.288. The minimum atomic E-state index is -5.03. The summed E-state index contributed by atoms with van der Waals surface area (Å²) in [5.74, 6) is -2.51. The van der Waals surface area contributed by atoms with Crippen molar-refractivity contribution in [3.05, 3.63) is 52.9 Å². The number of halogens is 6. The molecule has 3 rings (SSSR count). The summed E-state index contributed by atoms with van der Waals surface area (Å²) in [5.41, 5.74) is -3.41. The summed E-state index contributed by atoms with van der Waals surface area (Å²) in [5, 5.41) is 11.1. The third-order valence-electron chi connectivity index (χ3n) is 7.48. The van der Waals surface area contributed by atoms with Crippen LogP contribution in [0.1, 0.15) is 86.0 Å². The molecule has 1 aromatic carbocycles. The highest BCUT2D eigenvalue weighted by atomic mass is 19.4. The highest BCUT2D eigenvalue weighted by molar-refractivity contribution is 5.96. The molecule has 3 N–H and O–H groups in total. The second-order valence-electron chi connectivity index (χ2n) is 10.6. The molecule has 3 amide bonds. The van der Waals surface area contributed by atoms with Crippen molar-refractivity contribution in [3.8, 4) is 0 Å². The first-order valence-electron chi connectivity index (χ1n) is 13.8. The topological polar surface area (TPSA) is 113 Å². The first-order valence-corrected chi connectivity index (χ1v) is 13.8. The Morgan fingerprint density at radius 2 is 1.57 bits per heavy atom. The molecule has 2 aromatic rings. The molecule has 0 aliphatic heterocycles. The van der Waals surface area contributed by atoms with E-state index < -0.39 is 71.3 Å². The van der Waals surface area contributed by atoms with E-state index in [-0.39, 0.29) is 17.7 Å². The van der Waals surface area contributed by atoms with Gasteiger partial charge in [-0.3, -0.25) is 14.4 Å². The van der Waals surface area contributed by atoms with E-state index in [9.17, 15) is 40.7 Å². The predicted octanol–water partition coefficient (Wildman–Crippen LogP) is 5.63. The molecule has 1 aromatic heterocycles. The zero-order chi connectivity index (χ0) is 31.1. The number of rotatable bonds is 11. The number of carbonyl (C=O) groups excluding carboxylic acids is 3. The van der Waals surface area contributed by atoms with Gasteiger partial charge in [0.15, 0.2) is 0 Å². The highest BCUT2D eigenvalue weighted by Gasteiger charge is 2.37. The van der Waals surface area contributed by atoms with Gasteiger partial charge >= 0.3 is 12.4 Å². The second kappa shape index (κ2) is 14.1. The monoisotopic (exact) mass is 604 g/mol. The van der Waals surface area contributed by atoms with Crippen molar-refractivity contribution in [2.24, 2.45) is 11.8 Å². The summed E-state index contributed by atoms with van der Waals surface area (Å²) < 4.78 is 84.3. The van der Waals surface area contributed by atoms with Crippen molar-refractivity contribution >= 4 is 17.7 Å². The van der Waals surface area contributed by atoms with Crippen LogP contribution in [0, 0.1) is 11.8 Å². The Labute approximate surface area is 239 Å². The van der Waals surface area contributed by atoms with E-state index in [0.717, 1.165) is 32.1 Å². The number of hydrogen-bond donors (Lipinski definition) is 3. The third kappa shape index (κ3) is 9.21. The van der Waals surface area contributed by atoms with Crippen LogP contribution in [0.15, 0.2) is 35.0 Å². The van der Waals surface area contributed by atoms with Crippen LogP contribution < -0.4 is 16.0 Å². The zero-order valence-electron chi connectivity index (χ0n) is 23.2. The van der Waals surface area contributed by atoms with Crippen molar-refractivity contribution in [1.29, 1.82) is 0 Å². The van der Waals surface area contributed by atoms with Crippen molar-refractivity contribution in [2.75, 3.05) is 0 Å². The van der Waals surface area contributed by atoms with E-state index in [0.29, 0.717) is 25.0 Å². The van der Waals surface area contributed by atoms with Crippen molar-refractivity contribution in [1.82, 2.24) is 21.1 Å². The molecular formula is C28H34F6N4O4. The van der Waals surface area contributed by atoms with E-state index >= 15 is 0 Å². The van der Waals surface area contributed by atoms with Gasteiger partial charge in [-0.25, -0.2) is 0 Å². The lowest BCUT2D eigenvalue weighted by Gasteiger charge is -2.29. The minimum Gasteiger partial charge on any atom is -0.351 e. The largest absolute Gasteiger partial charge is 0.416 e. The standard InChI is InChI=1S/C28H34F6N4O4/c1-3-16(2)23(26(41)35-15-18-11-19(27(29,30)31)14-20(12-18)28(32,33)34)38-24(39)21(13-17-7-5-4-6-8-17)37-25(40)22-9-10-36-42-22/h9-12,14,16-17,21,23H,3-8,13,15H2,1-2H3,(H,35,41)(H,37,40)(H,38,39)/t16-,21-,23-/m0/s1. The zero-order valence-corrected chi connectivity index (χ0v) is 23.2. The maximum atomic E-state index is 13.4. The number of amides is 3. The first kappa shape index (κ1) is 32.9. The van der Waals surface area contributed by atoms with Crippen LogP contribution >= 0.6 is 0 Å². The average Bonchev–Trinajstić information content (AvgIpc) is 3.48. The number of nitrogens with one attached hydrogen (secondary N) is 3. The lowest BCUT2D eigenvalue weighted by molar-refractivity contribution is -0.143. The summed E-state index contributed by atoms with van der Waals surface area (Å²) in [6, 6.07) is 0.206. The van der Waals surface area contributed by atoms with Gasteiger partial charge in [-0.05, 0) is 42.0 Å². The molecule has 0 saturated heterocycles. The molecule has 8 nitrogen and oxygen atoms in total. The molecule has 1 aliphatic carbocycles. The Morgan fingerprint density at radius 3 is 2.10 bits per heavy atom. The lowest BCUT2D eigenvalue weighted by Crippen LogP contribution is -2.56. The summed E-state index contributed by atoms with van der Waals surface area (Å²) in [6.07, 6.45) is -3.28. The summed E-state index contributed by atoms with van der Waals surface area (Å²) in [7, 11) is 0. The fraction of sp³-hybridized carbons (Fsp3) is 0.571. The second-order valence-corrected chi connectivity index (χ2v) is 10.6. The smallest absolute Gasteiger partial charge is 0.351 e. The normalized spacial score (nSPS) is 16.8. The van der Waals surface area contributed by atoms with Gasteiger partial charge in [0.1, 0.15) is 12.1 Å². The summed E-state index contributed by atoms with van der Waals surface area (Å²) in [6.45, 7) is 2.78. The van der Waals surface area contributed by atoms with Crippen molar-refractivity contribution in [3.63, 3.8) is 0 Å². The Balaban J connectivity index is 1.77. The van der Waals surface area contributed by atoms with Gasteiger partial charge in [-0.15, -0.1) is 0 Å². The van der Waals surface area contributed by atoms with Crippen LogP contribution in [-0.4, -0.2) is 35.0 Å². The molecule has 0 unspecified atom stereocenters. The molecule has 0 bridgehead atoms. The summed E-state index contributed by atoms with van der Waals surface area (Å²) >= 11 is 0. The van der Waals surface area contributed by atoms with Crippen LogP contribution in [0.3, 0.4) is 0 Å². The van der Waals surface area contributed by atoms with E-state index in [1.54, 1.807) is 13.8 Å². The van der Waals surface area contributed by atoms with Crippen LogP contribution in [0.5, 0.6) is 0 Å². The predicted molar refractivity (Wildman–Crippen MR) is 139 cm³/mol. The fourth-order valence-electron chi connectivity index (χ4n) is 4.93. The van der Waals surface area contributed by atoms with Crippen molar-refractivity contribution in [2.45, 2.75) is 89.8 Å². The Bertz CT molecular complexity index is 1180. The molecule has 0 spiro atoms. The molecule has 1 aliphatic rings. The van der Waals surface area contributed by atoms with Gasteiger partial charge in [-0.2, -0.15) is 26.3 Å². The minimum absolute atomic E-state index is 0.00698. The molecule has 0 radical (unpaired) electrons. The number of benzene rings is 1. The molecule has 14 heteroatoms. The van der Waals surface area contributed by atoms with E-state index in [4.69, 9.17) is 4.52 Å². The first-order chi connectivity index (χ1) is 19.7. The van der Waals surface area contributed by atoms with Crippen LogP contribution in [-0.2, 0) is 28.5 Å². The lowest BCUT2D eigenvalue weighted by atomic mass is 9.84. The summed E-state index contributed by atoms with van der Waals surface area (Å²) in [4.78, 5) is 39.3. The van der Waals surface area contributed by atoms with Gasteiger partial charge in [0.2, 0.25) is 17.6 Å². The highest BCUT2D eigenvalue weighted by Crippen LogP contribution is 2.36. The van der Waals surface area contributed by atoms with E-state index in [2.05, 4.69) is 21.1 Å². The maximum Gasteiger partial charge on any atom is 0.416 e. The number of alkyl halides is 6. The van der Waals surface area contributed by atoms with Gasteiger partial charge in [0, 0.05) is 12.6 Å². The SMILES string of the molecule is CC[C@H](C)[C@H](NC(=O)[C@H](CC1CCCCC1)NC(=O)c1ccno1)C(=O)NCc1cc(C(F)(F)F)cc(C(F)(F)F)c1. The van der Waals surface area contributed by atoms with Crippen LogP contribution in [0.25, 0.3) is 0 Å². The molecule has 1 fully saturated rings. The van der Waals surface area contributed by atoms with Crippen molar-refractivity contribution < 1.29 is 45.2 Å². The maximum absolute atomic E-state index is 13.4. The average molecular weight is 605 g/mol. The van der Waals surface area contributed by atoms with Crippen LogP contribution in [0.4, 0.5) is 26.3 Å². The Hall–Kier alpha value is -3.58. The Kier molecular flexibility index (Phi) is 11.0. The van der Waals surface area contributed by atoms with Gasteiger partial charge in [-0.1, -0.05) is 57.5 Å². The van der Waals surface area contributed by atoms with E-state index in [1.165, 1.54) is 12.3 Å². The van der Waals surface area contributed by atoms with Crippen LogP contribution in [0.2, 0.25) is 0 Å². The molecule has 3 atom stereocenters. The van der Waals surface area contributed by atoms with Gasteiger partial charge < -0.3 is 20.5 Å². The third-order valence-corrected chi connectivity index (χ3v) is 7.48. The molecule has 232 valence electrons. The number of carbonyl (C=O) groups is 3. The van der Waals surface area contributed by atoms with E-state index in [1.807, 2.05) is 0 Å². The number of hydrogen-bond acceptors (Lipinski definition) is 5. The van der Waals surface area contributed by atoms with Gasteiger partial charge in [0.25, 0.3) is 5.91 Å². The Morgan fingerprint density at radius 1 is 0.952 bits per heavy atom. The molecular weight excluding hydrogens is 570 g/mol. The molecule has 42 heavy (non-hydrogen) atoms. The molecule has 1 heterocycles. The molecule has 1 saturated carbocycles. The number of aromatic nitrogens is 1. The fourth-order valence-corrected chi connectivity index (χ4v) is 4.93.